The van der Waals surface area contributed by atoms with Gasteiger partial charge in [0.15, 0.2) is 0 Å². The van der Waals surface area contributed by atoms with Gasteiger partial charge in [0.2, 0.25) is 5.91 Å². The van der Waals surface area contributed by atoms with Gasteiger partial charge in [-0.25, -0.2) is 4.98 Å². The number of rotatable bonds is 6. The lowest BCUT2D eigenvalue weighted by Gasteiger charge is -2.13. The topological polar surface area (TPSA) is 161 Å². The summed E-state index contributed by atoms with van der Waals surface area (Å²) in [5, 5.41) is 8.42. The minimum Gasteiger partial charge on any atom is -0.480 e. The molecule has 1 amide bonds. The number of hydrogen-bond donors (Lipinski definition) is 5. The Morgan fingerprint density at radius 1 is 1.45 bits per heavy atom. The van der Waals surface area contributed by atoms with Gasteiger partial charge in [0, 0.05) is 18.3 Å². The summed E-state index contributed by atoms with van der Waals surface area (Å²) in [5.74, 6) is -1.22. The average Bonchev–Trinajstić information content (AvgIpc) is 2.90. The van der Waals surface area contributed by atoms with Crippen LogP contribution in [0.1, 0.15) is 26.0 Å². The van der Waals surface area contributed by atoms with E-state index in [0.29, 0.717) is 0 Å². The minimum atomic E-state index is -1.00. The number of amides is 1. The van der Waals surface area contributed by atoms with E-state index in [1.807, 2.05) is 13.8 Å². The quantitative estimate of drug-likeness (QED) is 0.460. The first-order valence-corrected chi connectivity index (χ1v) is 6.30. The summed E-state index contributed by atoms with van der Waals surface area (Å²) < 4.78 is 0. The number of carboxylic acids is 1. The van der Waals surface area contributed by atoms with Crippen LogP contribution in [0.2, 0.25) is 0 Å². The first kappa shape index (κ1) is 18.1. The molecule has 8 N–H and O–H groups in total. The van der Waals surface area contributed by atoms with Gasteiger partial charge in [0.05, 0.1) is 12.4 Å². The van der Waals surface area contributed by atoms with Crippen molar-refractivity contribution in [2.45, 2.75) is 38.8 Å². The van der Waals surface area contributed by atoms with Crippen LogP contribution < -0.4 is 17.2 Å². The molecule has 8 heteroatoms. The Morgan fingerprint density at radius 2 is 2.05 bits per heavy atom. The third kappa shape index (κ3) is 6.86. The molecule has 0 fully saturated rings. The largest absolute Gasteiger partial charge is 0.480 e. The van der Waals surface area contributed by atoms with E-state index in [1.54, 1.807) is 6.20 Å². The van der Waals surface area contributed by atoms with Gasteiger partial charge in [-0.3, -0.25) is 9.59 Å². The van der Waals surface area contributed by atoms with Gasteiger partial charge in [-0.05, 0) is 5.92 Å². The van der Waals surface area contributed by atoms with Gasteiger partial charge in [-0.15, -0.1) is 0 Å². The van der Waals surface area contributed by atoms with E-state index in [9.17, 15) is 9.59 Å². The van der Waals surface area contributed by atoms with Crippen LogP contribution in [0, 0.1) is 5.92 Å². The van der Waals surface area contributed by atoms with Gasteiger partial charge in [-0.2, -0.15) is 0 Å². The highest BCUT2D eigenvalue weighted by Crippen LogP contribution is 2.03. The summed E-state index contributed by atoms with van der Waals surface area (Å²) in [6.07, 6.45) is 4.23. The fraction of sp³-hybridized carbons (Fsp3) is 0.583. The van der Waals surface area contributed by atoms with Crippen LogP contribution in [0.25, 0.3) is 0 Å². The summed E-state index contributed by atoms with van der Waals surface area (Å²) in [7, 11) is 0. The zero-order valence-electron chi connectivity index (χ0n) is 11.7. The molecule has 0 bridgehead atoms. The van der Waals surface area contributed by atoms with Gasteiger partial charge in [-0.1, -0.05) is 20.3 Å². The monoisotopic (exact) mass is 285 g/mol. The highest BCUT2D eigenvalue weighted by atomic mass is 16.4. The Balaban J connectivity index is 0.000000370. The molecular formula is C12H23N5O3. The van der Waals surface area contributed by atoms with E-state index in [4.69, 9.17) is 22.3 Å². The van der Waals surface area contributed by atoms with Gasteiger partial charge in [0.1, 0.15) is 6.04 Å². The number of carboxylic acid groups (broad SMARTS) is 1. The van der Waals surface area contributed by atoms with Crippen LogP contribution in [0.4, 0.5) is 0 Å². The molecule has 3 atom stereocenters. The molecule has 0 aliphatic heterocycles. The highest BCUT2D eigenvalue weighted by Gasteiger charge is 2.15. The molecule has 1 aromatic rings. The molecule has 0 spiro atoms. The number of carbonyl (C=O) groups is 2. The standard InChI is InChI=1S/C6H9N3O2.C6H14N2O/c7-5(6(10)11)1-4-2-8-3-9-4;1-3-4(2)5(7)6(8)9/h2-3,5H,1,7H2,(H,8,9)(H,10,11);4-5H,3,7H2,1-2H3,(H2,8,9)/t5-;4-,5-/m00/s1. The van der Waals surface area contributed by atoms with Crippen LogP contribution in [0.3, 0.4) is 0 Å². The lowest BCUT2D eigenvalue weighted by Crippen LogP contribution is -2.41. The van der Waals surface area contributed by atoms with E-state index in [0.717, 1.165) is 12.1 Å². The molecule has 8 nitrogen and oxygen atoms in total. The van der Waals surface area contributed by atoms with Crippen LogP contribution in [0.5, 0.6) is 0 Å². The molecule has 0 unspecified atom stereocenters. The molecule has 1 rings (SSSR count). The van der Waals surface area contributed by atoms with Crippen molar-refractivity contribution in [3.05, 3.63) is 18.2 Å². The fourth-order valence-electron chi connectivity index (χ4n) is 1.25. The average molecular weight is 285 g/mol. The molecule has 0 aliphatic carbocycles. The molecular weight excluding hydrogens is 262 g/mol. The first-order valence-electron chi connectivity index (χ1n) is 6.30. The van der Waals surface area contributed by atoms with Crippen molar-refractivity contribution in [2.24, 2.45) is 23.1 Å². The molecule has 114 valence electrons. The number of hydrogen-bond acceptors (Lipinski definition) is 5. The third-order valence-corrected chi connectivity index (χ3v) is 2.90. The van der Waals surface area contributed by atoms with Crippen LogP contribution in [0.15, 0.2) is 12.5 Å². The molecule has 0 radical (unpaired) electrons. The van der Waals surface area contributed by atoms with Crippen molar-refractivity contribution < 1.29 is 14.7 Å². The Morgan fingerprint density at radius 3 is 2.35 bits per heavy atom. The van der Waals surface area contributed by atoms with E-state index in [1.165, 1.54) is 6.33 Å². The second-order valence-corrected chi connectivity index (χ2v) is 4.54. The van der Waals surface area contributed by atoms with Gasteiger partial charge < -0.3 is 27.3 Å². The van der Waals surface area contributed by atoms with Crippen molar-refractivity contribution in [3.8, 4) is 0 Å². The third-order valence-electron chi connectivity index (χ3n) is 2.90. The number of nitrogens with one attached hydrogen (secondary N) is 1. The number of nitrogens with zero attached hydrogens (tertiary/aromatic N) is 1. The van der Waals surface area contributed by atoms with Crippen molar-refractivity contribution >= 4 is 11.9 Å². The summed E-state index contributed by atoms with van der Waals surface area (Å²) in [6, 6.07) is -1.33. The first-order chi connectivity index (χ1) is 9.29. The molecule has 20 heavy (non-hydrogen) atoms. The van der Waals surface area contributed by atoms with Crippen molar-refractivity contribution in [3.63, 3.8) is 0 Å². The lowest BCUT2D eigenvalue weighted by atomic mass is 10.00. The van der Waals surface area contributed by atoms with Crippen LogP contribution in [-0.4, -0.2) is 39.0 Å². The predicted octanol–water partition coefficient (Wildman–Crippen LogP) is -0.791. The van der Waals surface area contributed by atoms with E-state index in [2.05, 4.69) is 9.97 Å². The van der Waals surface area contributed by atoms with Crippen LogP contribution in [-0.2, 0) is 16.0 Å². The lowest BCUT2D eigenvalue weighted by molar-refractivity contribution is -0.138. The summed E-state index contributed by atoms with van der Waals surface area (Å²) >= 11 is 0. The number of aromatic amines is 1. The zero-order chi connectivity index (χ0) is 15.7. The normalized spacial score (nSPS) is 14.6. The van der Waals surface area contributed by atoms with Crippen molar-refractivity contribution in [1.82, 2.24) is 9.97 Å². The van der Waals surface area contributed by atoms with E-state index in [-0.39, 0.29) is 12.3 Å². The molecule has 0 aromatic carbocycles. The highest BCUT2D eigenvalue weighted by molar-refractivity contribution is 5.79. The molecule has 1 heterocycles. The molecule has 0 saturated heterocycles. The molecule has 0 aliphatic rings. The molecule has 1 aromatic heterocycles. The van der Waals surface area contributed by atoms with Gasteiger partial charge >= 0.3 is 5.97 Å². The number of H-pyrrole nitrogens is 1. The Bertz CT molecular complexity index is 407. The number of primary amides is 1. The van der Waals surface area contributed by atoms with E-state index < -0.39 is 24.0 Å². The van der Waals surface area contributed by atoms with Gasteiger partial charge in [0.25, 0.3) is 0 Å². The second kappa shape index (κ2) is 9.05. The Hall–Kier alpha value is -1.93. The fourth-order valence-corrected chi connectivity index (χ4v) is 1.25. The van der Waals surface area contributed by atoms with Crippen molar-refractivity contribution in [1.29, 1.82) is 0 Å². The van der Waals surface area contributed by atoms with Crippen molar-refractivity contribution in [2.75, 3.05) is 0 Å². The maximum absolute atomic E-state index is 10.4. The number of nitrogens with two attached hydrogens (primary N) is 3. The smallest absolute Gasteiger partial charge is 0.320 e. The second-order valence-electron chi connectivity index (χ2n) is 4.54. The zero-order valence-corrected chi connectivity index (χ0v) is 11.7. The SMILES string of the molecule is CC[C@H](C)[C@H](N)C(N)=O.N[C@@H](Cc1cnc[nH]1)C(=O)O. The summed E-state index contributed by atoms with van der Waals surface area (Å²) in [4.78, 5) is 27.2. The summed E-state index contributed by atoms with van der Waals surface area (Å²) in [5.41, 5.74) is 16.3. The number of aromatic nitrogens is 2. The van der Waals surface area contributed by atoms with E-state index >= 15 is 0 Å². The maximum atomic E-state index is 10.4. The number of carbonyl (C=O) groups excluding carboxylic acids is 1. The summed E-state index contributed by atoms with van der Waals surface area (Å²) in [6.45, 7) is 3.89. The number of imidazole rings is 1. The molecule has 0 saturated carbocycles. The van der Waals surface area contributed by atoms with Crippen LogP contribution >= 0.6 is 0 Å². The minimum absolute atomic E-state index is 0.197. The Labute approximate surface area is 117 Å². The number of aliphatic carboxylic acids is 1. The Kier molecular flexibility index (Phi) is 8.18. The maximum Gasteiger partial charge on any atom is 0.320 e. The predicted molar refractivity (Wildman–Crippen MR) is 74.5 cm³/mol.